The van der Waals surface area contributed by atoms with E-state index >= 15 is 0 Å². The van der Waals surface area contributed by atoms with Gasteiger partial charge < -0.3 is 9.42 Å². The first-order valence-electron chi connectivity index (χ1n) is 9.20. The van der Waals surface area contributed by atoms with Crippen LogP contribution in [-0.2, 0) is 4.79 Å². The molecule has 0 spiro atoms. The number of piperidine rings is 1. The first kappa shape index (κ1) is 17.2. The van der Waals surface area contributed by atoms with Crippen LogP contribution in [0.5, 0.6) is 0 Å². The fraction of sp³-hybridized carbons (Fsp3) is 0.227. The summed E-state index contributed by atoms with van der Waals surface area (Å²) in [6, 6.07) is 19.7. The van der Waals surface area contributed by atoms with E-state index in [0.717, 1.165) is 24.0 Å². The molecule has 0 radical (unpaired) electrons. The summed E-state index contributed by atoms with van der Waals surface area (Å²) >= 11 is 0. The van der Waals surface area contributed by atoms with Crippen molar-refractivity contribution in [3.05, 3.63) is 78.2 Å². The zero-order chi connectivity index (χ0) is 18.5. The molecule has 2 aromatic carbocycles. The van der Waals surface area contributed by atoms with E-state index < -0.39 is 0 Å². The molecule has 27 heavy (non-hydrogen) atoms. The third-order valence-electron chi connectivity index (χ3n) is 4.85. The van der Waals surface area contributed by atoms with E-state index in [4.69, 9.17) is 4.52 Å². The molecule has 5 heteroatoms. The van der Waals surface area contributed by atoms with Crippen LogP contribution in [0.2, 0.25) is 0 Å². The minimum absolute atomic E-state index is 0.0489. The van der Waals surface area contributed by atoms with Crippen LogP contribution in [0.4, 0.5) is 0 Å². The van der Waals surface area contributed by atoms with Gasteiger partial charge in [-0.15, -0.1) is 0 Å². The Hall–Kier alpha value is -3.21. The minimum Gasteiger partial charge on any atom is -0.339 e. The van der Waals surface area contributed by atoms with Gasteiger partial charge in [0.15, 0.2) is 0 Å². The molecule has 0 atom stereocenters. The van der Waals surface area contributed by atoms with Crippen molar-refractivity contribution >= 4 is 12.0 Å². The summed E-state index contributed by atoms with van der Waals surface area (Å²) in [5.74, 6) is 1.54. The summed E-state index contributed by atoms with van der Waals surface area (Å²) in [7, 11) is 0. The molecule has 4 rings (SSSR count). The van der Waals surface area contributed by atoms with Gasteiger partial charge in [0.25, 0.3) is 0 Å². The van der Waals surface area contributed by atoms with Crippen molar-refractivity contribution in [3.63, 3.8) is 0 Å². The van der Waals surface area contributed by atoms with Crippen LogP contribution in [0.25, 0.3) is 17.5 Å². The number of amides is 1. The number of carbonyl (C=O) groups is 1. The number of benzene rings is 2. The average molecular weight is 359 g/mol. The molecule has 0 bridgehead atoms. The fourth-order valence-electron chi connectivity index (χ4n) is 3.29. The Bertz CT molecular complexity index is 911. The molecule has 0 N–H and O–H groups in total. The molecule has 1 aliphatic heterocycles. The van der Waals surface area contributed by atoms with E-state index in [1.165, 1.54) is 0 Å². The highest BCUT2D eigenvalue weighted by Crippen LogP contribution is 2.28. The Morgan fingerprint density at radius 2 is 1.67 bits per heavy atom. The zero-order valence-corrected chi connectivity index (χ0v) is 15.0. The lowest BCUT2D eigenvalue weighted by atomic mass is 9.96. The summed E-state index contributed by atoms with van der Waals surface area (Å²) in [5, 5.41) is 4.10. The highest BCUT2D eigenvalue weighted by atomic mass is 16.5. The van der Waals surface area contributed by atoms with Crippen molar-refractivity contribution in [2.24, 2.45) is 0 Å². The predicted octanol–water partition coefficient (Wildman–Crippen LogP) is 4.16. The maximum Gasteiger partial charge on any atom is 0.246 e. The zero-order valence-electron chi connectivity index (χ0n) is 15.0. The molecule has 136 valence electrons. The van der Waals surface area contributed by atoms with E-state index in [1.54, 1.807) is 6.08 Å². The van der Waals surface area contributed by atoms with Gasteiger partial charge in [0.05, 0.1) is 0 Å². The number of nitrogens with zero attached hydrogens (tertiary/aromatic N) is 3. The van der Waals surface area contributed by atoms with E-state index in [9.17, 15) is 4.79 Å². The number of aromatic nitrogens is 2. The molecule has 1 fully saturated rings. The lowest BCUT2D eigenvalue weighted by molar-refractivity contribution is -0.127. The van der Waals surface area contributed by atoms with E-state index in [-0.39, 0.29) is 11.8 Å². The maximum absolute atomic E-state index is 12.4. The number of rotatable bonds is 4. The number of carbonyl (C=O) groups excluding carboxylic acids is 1. The molecule has 1 saturated heterocycles. The van der Waals surface area contributed by atoms with E-state index in [2.05, 4.69) is 10.1 Å². The van der Waals surface area contributed by atoms with Crippen molar-refractivity contribution < 1.29 is 9.32 Å². The van der Waals surface area contributed by atoms with Crippen LogP contribution in [0.1, 0.15) is 30.2 Å². The van der Waals surface area contributed by atoms with Crippen LogP contribution in [0.3, 0.4) is 0 Å². The fourth-order valence-corrected chi connectivity index (χ4v) is 3.29. The van der Waals surface area contributed by atoms with Crippen LogP contribution in [-0.4, -0.2) is 34.0 Å². The Labute approximate surface area is 158 Å². The largest absolute Gasteiger partial charge is 0.339 e. The standard InChI is InChI=1S/C22H21N3O2/c26-20(12-11-17-7-3-1-4-8-17)25-15-13-19(14-16-25)22-23-21(24-27-22)18-9-5-2-6-10-18/h1-12,19H,13-16H2. The number of hydrogen-bond acceptors (Lipinski definition) is 4. The second-order valence-electron chi connectivity index (χ2n) is 6.67. The van der Waals surface area contributed by atoms with Crippen molar-refractivity contribution in [1.82, 2.24) is 15.0 Å². The molecule has 5 nitrogen and oxygen atoms in total. The topological polar surface area (TPSA) is 59.2 Å². The van der Waals surface area contributed by atoms with Gasteiger partial charge in [0.2, 0.25) is 17.6 Å². The molecule has 0 aliphatic carbocycles. The molecule has 2 heterocycles. The van der Waals surface area contributed by atoms with Gasteiger partial charge in [-0.1, -0.05) is 65.8 Å². The summed E-state index contributed by atoms with van der Waals surface area (Å²) in [6.45, 7) is 1.40. The lowest BCUT2D eigenvalue weighted by Crippen LogP contribution is -2.36. The highest BCUT2D eigenvalue weighted by Gasteiger charge is 2.26. The molecule has 0 unspecified atom stereocenters. The summed E-state index contributed by atoms with van der Waals surface area (Å²) in [5.41, 5.74) is 1.98. The monoisotopic (exact) mass is 359 g/mol. The number of hydrogen-bond donors (Lipinski definition) is 0. The third kappa shape index (κ3) is 4.14. The van der Waals surface area contributed by atoms with Crippen molar-refractivity contribution in [1.29, 1.82) is 0 Å². The molecular formula is C22H21N3O2. The Balaban J connectivity index is 1.34. The van der Waals surface area contributed by atoms with Gasteiger partial charge in [-0.05, 0) is 24.5 Å². The quantitative estimate of drug-likeness (QED) is 0.657. The lowest BCUT2D eigenvalue weighted by Gasteiger charge is -2.29. The van der Waals surface area contributed by atoms with Crippen LogP contribution < -0.4 is 0 Å². The first-order chi connectivity index (χ1) is 13.3. The Morgan fingerprint density at radius 3 is 2.37 bits per heavy atom. The average Bonchev–Trinajstić information content (AvgIpc) is 3.24. The van der Waals surface area contributed by atoms with Crippen molar-refractivity contribution in [3.8, 4) is 11.4 Å². The van der Waals surface area contributed by atoms with Crippen molar-refractivity contribution in [2.75, 3.05) is 13.1 Å². The van der Waals surface area contributed by atoms with Gasteiger partial charge in [-0.2, -0.15) is 4.98 Å². The molecule has 1 aromatic heterocycles. The Morgan fingerprint density at radius 1 is 1.00 bits per heavy atom. The van der Waals surface area contributed by atoms with E-state index in [0.29, 0.717) is 24.8 Å². The molecule has 1 amide bonds. The maximum atomic E-state index is 12.4. The predicted molar refractivity (Wildman–Crippen MR) is 104 cm³/mol. The van der Waals surface area contributed by atoms with Crippen LogP contribution in [0, 0.1) is 0 Å². The van der Waals surface area contributed by atoms with E-state index in [1.807, 2.05) is 71.6 Å². The molecular weight excluding hydrogens is 338 g/mol. The van der Waals surface area contributed by atoms with Crippen LogP contribution in [0.15, 0.2) is 71.3 Å². The third-order valence-corrected chi connectivity index (χ3v) is 4.85. The van der Waals surface area contributed by atoms with Gasteiger partial charge >= 0.3 is 0 Å². The van der Waals surface area contributed by atoms with Crippen molar-refractivity contribution in [2.45, 2.75) is 18.8 Å². The first-order valence-corrected chi connectivity index (χ1v) is 9.20. The highest BCUT2D eigenvalue weighted by molar-refractivity contribution is 5.91. The molecule has 3 aromatic rings. The summed E-state index contributed by atoms with van der Waals surface area (Å²) < 4.78 is 5.48. The minimum atomic E-state index is 0.0489. The normalized spacial score (nSPS) is 15.3. The SMILES string of the molecule is O=C(C=Cc1ccccc1)N1CCC(c2nc(-c3ccccc3)no2)CC1. The second kappa shape index (κ2) is 7.99. The second-order valence-corrected chi connectivity index (χ2v) is 6.67. The van der Waals surface area contributed by atoms with Gasteiger partial charge in [-0.3, -0.25) is 4.79 Å². The number of likely N-dealkylation sites (tertiary alicyclic amines) is 1. The van der Waals surface area contributed by atoms with Crippen LogP contribution >= 0.6 is 0 Å². The Kier molecular flexibility index (Phi) is 5.10. The van der Waals surface area contributed by atoms with Gasteiger partial charge in [-0.25, -0.2) is 0 Å². The smallest absolute Gasteiger partial charge is 0.246 e. The summed E-state index contributed by atoms with van der Waals surface area (Å²) in [4.78, 5) is 18.8. The summed E-state index contributed by atoms with van der Waals surface area (Å²) in [6.07, 6.45) is 5.18. The molecule has 0 saturated carbocycles. The molecule has 1 aliphatic rings. The van der Waals surface area contributed by atoms with Gasteiger partial charge in [0, 0.05) is 30.6 Å². The van der Waals surface area contributed by atoms with Gasteiger partial charge in [0.1, 0.15) is 0 Å².